The summed E-state index contributed by atoms with van der Waals surface area (Å²) in [5.41, 5.74) is -0.629. The Balaban J connectivity index is 2.40. The third-order valence-electron chi connectivity index (χ3n) is 3.45. The van der Waals surface area contributed by atoms with Crippen LogP contribution in [0.3, 0.4) is 0 Å². The summed E-state index contributed by atoms with van der Waals surface area (Å²) in [6, 6.07) is 0. The second-order valence-electron chi connectivity index (χ2n) is 5.19. The van der Waals surface area contributed by atoms with Crippen molar-refractivity contribution in [3.8, 4) is 0 Å². The van der Waals surface area contributed by atoms with E-state index in [0.29, 0.717) is 0 Å². The van der Waals surface area contributed by atoms with Gasteiger partial charge >= 0.3 is 5.97 Å². The number of nitrogens with zero attached hydrogens (tertiary/aromatic N) is 1. The molecule has 1 heterocycles. The molecule has 0 saturated carbocycles. The summed E-state index contributed by atoms with van der Waals surface area (Å²) in [4.78, 5) is 24.6. The van der Waals surface area contributed by atoms with E-state index in [1.54, 1.807) is 0 Å². The fourth-order valence-corrected chi connectivity index (χ4v) is 2.03. The second kappa shape index (κ2) is 6.83. The maximum absolute atomic E-state index is 12.1. The zero-order chi connectivity index (χ0) is 14.5. The van der Waals surface area contributed by atoms with Gasteiger partial charge in [0.1, 0.15) is 0 Å². The molecule has 4 N–H and O–H groups in total. The topological polar surface area (TPSA) is 102 Å². The lowest BCUT2D eigenvalue weighted by Crippen LogP contribution is -2.60. The molecule has 1 aliphatic rings. The largest absolute Gasteiger partial charge is 0.479 e. The van der Waals surface area contributed by atoms with Gasteiger partial charge < -0.3 is 20.8 Å². The zero-order valence-corrected chi connectivity index (χ0v) is 11.5. The van der Waals surface area contributed by atoms with Crippen LogP contribution in [-0.4, -0.2) is 71.4 Å². The molecule has 110 valence electrons. The van der Waals surface area contributed by atoms with Crippen molar-refractivity contribution in [2.45, 2.75) is 31.9 Å². The molecule has 7 nitrogen and oxygen atoms in total. The van der Waals surface area contributed by atoms with E-state index in [1.807, 2.05) is 13.8 Å². The van der Waals surface area contributed by atoms with Gasteiger partial charge in [0, 0.05) is 39.1 Å². The van der Waals surface area contributed by atoms with Gasteiger partial charge in [-0.05, 0) is 13.8 Å². The van der Waals surface area contributed by atoms with Crippen molar-refractivity contribution in [1.29, 1.82) is 0 Å². The SMILES string of the molecule is CC(C)(C(=O)NCCC(O)C(=O)O)N1CCNCC1. The van der Waals surface area contributed by atoms with E-state index in [2.05, 4.69) is 15.5 Å². The molecule has 1 atom stereocenters. The molecular weight excluding hydrogens is 250 g/mol. The van der Waals surface area contributed by atoms with Crippen molar-refractivity contribution in [3.05, 3.63) is 0 Å². The lowest BCUT2D eigenvalue weighted by atomic mass is 10.0. The van der Waals surface area contributed by atoms with E-state index in [0.717, 1.165) is 26.2 Å². The van der Waals surface area contributed by atoms with Crippen LogP contribution in [0.5, 0.6) is 0 Å². The number of carbonyl (C=O) groups excluding carboxylic acids is 1. The van der Waals surface area contributed by atoms with Crippen molar-refractivity contribution in [3.63, 3.8) is 0 Å². The van der Waals surface area contributed by atoms with Crippen LogP contribution in [0.25, 0.3) is 0 Å². The van der Waals surface area contributed by atoms with E-state index in [9.17, 15) is 9.59 Å². The van der Waals surface area contributed by atoms with Crippen molar-refractivity contribution in [2.75, 3.05) is 32.7 Å². The van der Waals surface area contributed by atoms with Gasteiger partial charge in [0.15, 0.2) is 6.10 Å². The quantitative estimate of drug-likeness (QED) is 0.476. The average Bonchev–Trinajstić information content (AvgIpc) is 2.39. The highest BCUT2D eigenvalue weighted by atomic mass is 16.4. The van der Waals surface area contributed by atoms with Crippen LogP contribution in [0, 0.1) is 0 Å². The van der Waals surface area contributed by atoms with E-state index in [1.165, 1.54) is 0 Å². The summed E-state index contributed by atoms with van der Waals surface area (Å²) in [7, 11) is 0. The summed E-state index contributed by atoms with van der Waals surface area (Å²) < 4.78 is 0. The molecule has 0 aromatic rings. The standard InChI is InChI=1S/C12H23N3O4/c1-12(2,15-7-5-13-6-8-15)11(19)14-4-3-9(16)10(17)18/h9,13,16H,3-8H2,1-2H3,(H,14,19)(H,17,18). The highest BCUT2D eigenvalue weighted by molar-refractivity contribution is 5.85. The number of carboxylic acids is 1. The third kappa shape index (κ3) is 4.45. The molecule has 0 radical (unpaired) electrons. The normalized spacial score (nSPS) is 18.9. The number of amides is 1. The van der Waals surface area contributed by atoms with Crippen molar-refractivity contribution < 1.29 is 19.8 Å². The summed E-state index contributed by atoms with van der Waals surface area (Å²) in [6.45, 7) is 7.17. The maximum Gasteiger partial charge on any atom is 0.332 e. The summed E-state index contributed by atoms with van der Waals surface area (Å²) in [6.07, 6.45) is -1.42. The minimum Gasteiger partial charge on any atom is -0.479 e. The third-order valence-corrected chi connectivity index (χ3v) is 3.45. The number of carbonyl (C=O) groups is 2. The van der Waals surface area contributed by atoms with Crippen LogP contribution in [0.2, 0.25) is 0 Å². The zero-order valence-electron chi connectivity index (χ0n) is 11.5. The predicted molar refractivity (Wildman–Crippen MR) is 69.8 cm³/mol. The van der Waals surface area contributed by atoms with E-state index < -0.39 is 17.6 Å². The van der Waals surface area contributed by atoms with Crippen LogP contribution >= 0.6 is 0 Å². The summed E-state index contributed by atoms with van der Waals surface area (Å²) in [5, 5.41) is 23.6. The van der Waals surface area contributed by atoms with Crippen LogP contribution in [0.15, 0.2) is 0 Å². The fourth-order valence-electron chi connectivity index (χ4n) is 2.03. The number of carboxylic acid groups (broad SMARTS) is 1. The van der Waals surface area contributed by atoms with Crippen molar-refractivity contribution in [2.24, 2.45) is 0 Å². The van der Waals surface area contributed by atoms with E-state index in [4.69, 9.17) is 10.2 Å². The number of aliphatic hydroxyl groups excluding tert-OH is 1. The van der Waals surface area contributed by atoms with E-state index >= 15 is 0 Å². The molecule has 1 saturated heterocycles. The molecular formula is C12H23N3O4. The molecule has 1 unspecified atom stereocenters. The van der Waals surface area contributed by atoms with Crippen molar-refractivity contribution in [1.82, 2.24) is 15.5 Å². The highest BCUT2D eigenvalue weighted by Crippen LogP contribution is 2.15. The van der Waals surface area contributed by atoms with Crippen LogP contribution < -0.4 is 10.6 Å². The molecule has 1 amide bonds. The van der Waals surface area contributed by atoms with E-state index in [-0.39, 0.29) is 18.9 Å². The first-order valence-corrected chi connectivity index (χ1v) is 6.50. The summed E-state index contributed by atoms with van der Waals surface area (Å²) in [5.74, 6) is -1.41. The Bertz CT molecular complexity index is 327. The molecule has 0 spiro atoms. The van der Waals surface area contributed by atoms with Crippen LogP contribution in [0.1, 0.15) is 20.3 Å². The van der Waals surface area contributed by atoms with Gasteiger partial charge in [-0.25, -0.2) is 4.79 Å². The first-order chi connectivity index (χ1) is 8.85. The number of nitrogens with one attached hydrogen (secondary N) is 2. The number of hydrogen-bond acceptors (Lipinski definition) is 5. The summed E-state index contributed by atoms with van der Waals surface area (Å²) >= 11 is 0. The van der Waals surface area contributed by atoms with Gasteiger partial charge in [0.2, 0.25) is 5.91 Å². The highest BCUT2D eigenvalue weighted by Gasteiger charge is 2.34. The molecule has 0 bridgehead atoms. The molecule has 1 fully saturated rings. The number of aliphatic carboxylic acids is 1. The molecule has 0 aliphatic carbocycles. The fraction of sp³-hybridized carbons (Fsp3) is 0.833. The van der Waals surface area contributed by atoms with Crippen molar-refractivity contribution >= 4 is 11.9 Å². The Morgan fingerprint density at radius 3 is 2.47 bits per heavy atom. The Morgan fingerprint density at radius 1 is 1.37 bits per heavy atom. The molecule has 1 aliphatic heterocycles. The number of hydrogen-bond donors (Lipinski definition) is 4. The van der Waals surface area contributed by atoms with Gasteiger partial charge in [0.25, 0.3) is 0 Å². The Kier molecular flexibility index (Phi) is 5.71. The van der Waals surface area contributed by atoms with Gasteiger partial charge in [-0.1, -0.05) is 0 Å². The monoisotopic (exact) mass is 273 g/mol. The number of rotatable bonds is 6. The lowest BCUT2D eigenvalue weighted by molar-refractivity contribution is -0.147. The molecule has 7 heteroatoms. The Morgan fingerprint density at radius 2 is 1.95 bits per heavy atom. The first-order valence-electron chi connectivity index (χ1n) is 6.50. The Hall–Kier alpha value is -1.18. The smallest absolute Gasteiger partial charge is 0.332 e. The number of aliphatic hydroxyl groups is 1. The molecule has 0 aromatic heterocycles. The second-order valence-corrected chi connectivity index (χ2v) is 5.19. The number of piperazine rings is 1. The van der Waals surface area contributed by atoms with Gasteiger partial charge in [0.05, 0.1) is 5.54 Å². The first kappa shape index (κ1) is 15.9. The Labute approximate surface area is 113 Å². The minimum atomic E-state index is -1.43. The minimum absolute atomic E-state index is 0.0126. The molecule has 1 rings (SSSR count). The van der Waals surface area contributed by atoms with Crippen LogP contribution in [0.4, 0.5) is 0 Å². The average molecular weight is 273 g/mol. The van der Waals surface area contributed by atoms with Gasteiger partial charge in [-0.15, -0.1) is 0 Å². The van der Waals surface area contributed by atoms with Gasteiger partial charge in [-0.3, -0.25) is 9.69 Å². The molecule has 0 aromatic carbocycles. The van der Waals surface area contributed by atoms with Gasteiger partial charge in [-0.2, -0.15) is 0 Å². The predicted octanol–water partition coefficient (Wildman–Crippen LogP) is -1.38. The lowest BCUT2D eigenvalue weighted by Gasteiger charge is -2.39. The van der Waals surface area contributed by atoms with Crippen LogP contribution in [-0.2, 0) is 9.59 Å². The molecule has 19 heavy (non-hydrogen) atoms. The maximum atomic E-state index is 12.1.